The molecular formula is C15H13F3N2S. The Morgan fingerprint density at radius 2 is 1.81 bits per heavy atom. The van der Waals surface area contributed by atoms with Crippen LogP contribution >= 0.6 is 12.2 Å². The predicted molar refractivity (Wildman–Crippen MR) is 81.8 cm³/mol. The first kappa shape index (κ1) is 15.3. The summed E-state index contributed by atoms with van der Waals surface area (Å²) in [4.78, 5) is 0.188. The first-order valence-corrected chi connectivity index (χ1v) is 6.53. The molecule has 0 aliphatic rings. The van der Waals surface area contributed by atoms with Crippen molar-refractivity contribution in [2.75, 3.05) is 5.32 Å². The molecule has 0 radical (unpaired) electrons. The highest BCUT2D eigenvalue weighted by Gasteiger charge is 2.30. The number of rotatable bonds is 3. The molecule has 2 aromatic rings. The molecule has 0 saturated carbocycles. The third kappa shape index (κ3) is 3.52. The van der Waals surface area contributed by atoms with Gasteiger partial charge in [-0.25, -0.2) is 0 Å². The second-order valence-corrected chi connectivity index (χ2v) is 5.01. The average molecular weight is 310 g/mol. The summed E-state index contributed by atoms with van der Waals surface area (Å²) in [5.74, 6) is 0. The van der Waals surface area contributed by atoms with Crippen molar-refractivity contribution < 1.29 is 13.2 Å². The molecule has 0 fully saturated rings. The highest BCUT2D eigenvalue weighted by Crippen LogP contribution is 2.32. The molecule has 0 aliphatic carbocycles. The third-order valence-electron chi connectivity index (χ3n) is 3.00. The van der Waals surface area contributed by atoms with Crippen molar-refractivity contribution in [1.82, 2.24) is 0 Å². The number of nitrogens with two attached hydrogens (primary N) is 1. The molecule has 0 heterocycles. The molecule has 0 amide bonds. The second-order valence-electron chi connectivity index (χ2n) is 4.57. The molecular weight excluding hydrogens is 297 g/mol. The lowest BCUT2D eigenvalue weighted by Crippen LogP contribution is -2.13. The number of hydrogen-bond donors (Lipinski definition) is 2. The summed E-state index contributed by atoms with van der Waals surface area (Å²) in [6.07, 6.45) is -4.38. The SMILES string of the molecule is Cc1cccc(C(N)=S)c1Nc1cccc(C(F)(F)F)c1. The standard InChI is InChI=1S/C15H13F3N2S/c1-9-4-2-7-12(14(19)21)13(9)20-11-6-3-5-10(8-11)15(16,17)18/h2-8,20H,1H3,(H2,19,21). The summed E-state index contributed by atoms with van der Waals surface area (Å²) in [6.45, 7) is 1.83. The van der Waals surface area contributed by atoms with Crippen molar-refractivity contribution in [1.29, 1.82) is 0 Å². The molecule has 2 aromatic carbocycles. The zero-order chi connectivity index (χ0) is 15.6. The first-order chi connectivity index (χ1) is 9.79. The van der Waals surface area contributed by atoms with E-state index in [9.17, 15) is 13.2 Å². The van der Waals surface area contributed by atoms with E-state index in [0.717, 1.165) is 17.7 Å². The van der Waals surface area contributed by atoms with Crippen LogP contribution in [-0.4, -0.2) is 4.99 Å². The minimum atomic E-state index is -4.38. The minimum absolute atomic E-state index is 0.188. The zero-order valence-corrected chi connectivity index (χ0v) is 12.0. The molecule has 0 unspecified atom stereocenters. The van der Waals surface area contributed by atoms with Gasteiger partial charge >= 0.3 is 6.18 Å². The van der Waals surface area contributed by atoms with Crippen LogP contribution in [0.25, 0.3) is 0 Å². The molecule has 0 bridgehead atoms. The van der Waals surface area contributed by atoms with Crippen LogP contribution in [0.1, 0.15) is 16.7 Å². The van der Waals surface area contributed by atoms with Crippen LogP contribution < -0.4 is 11.1 Å². The summed E-state index contributed by atoms with van der Waals surface area (Å²) in [6, 6.07) is 10.3. The Bertz CT molecular complexity index is 681. The number of anilines is 2. The molecule has 0 spiro atoms. The van der Waals surface area contributed by atoms with Crippen molar-refractivity contribution in [2.45, 2.75) is 13.1 Å². The molecule has 2 nitrogen and oxygen atoms in total. The van der Waals surface area contributed by atoms with E-state index in [1.165, 1.54) is 6.07 Å². The smallest absolute Gasteiger partial charge is 0.389 e. The largest absolute Gasteiger partial charge is 0.416 e. The Balaban J connectivity index is 2.42. The second kappa shape index (κ2) is 5.73. The Morgan fingerprint density at radius 1 is 1.14 bits per heavy atom. The van der Waals surface area contributed by atoms with Crippen molar-refractivity contribution >= 4 is 28.6 Å². The Morgan fingerprint density at radius 3 is 2.43 bits per heavy atom. The van der Waals surface area contributed by atoms with E-state index in [2.05, 4.69) is 5.32 Å². The molecule has 0 saturated heterocycles. The van der Waals surface area contributed by atoms with E-state index < -0.39 is 11.7 Å². The molecule has 110 valence electrons. The molecule has 0 atom stereocenters. The van der Waals surface area contributed by atoms with E-state index in [1.807, 2.05) is 13.0 Å². The molecule has 2 rings (SSSR count). The van der Waals surface area contributed by atoms with Gasteiger partial charge in [0.2, 0.25) is 0 Å². The van der Waals surface area contributed by atoms with E-state index in [0.29, 0.717) is 16.9 Å². The van der Waals surface area contributed by atoms with Crippen molar-refractivity contribution in [3.05, 3.63) is 59.2 Å². The van der Waals surface area contributed by atoms with Crippen LogP contribution in [0.15, 0.2) is 42.5 Å². The zero-order valence-electron chi connectivity index (χ0n) is 11.2. The van der Waals surface area contributed by atoms with Gasteiger partial charge in [0.25, 0.3) is 0 Å². The lowest BCUT2D eigenvalue weighted by molar-refractivity contribution is -0.137. The monoisotopic (exact) mass is 310 g/mol. The van der Waals surface area contributed by atoms with E-state index in [-0.39, 0.29) is 4.99 Å². The fourth-order valence-corrected chi connectivity index (χ4v) is 2.13. The highest BCUT2D eigenvalue weighted by molar-refractivity contribution is 7.80. The van der Waals surface area contributed by atoms with Gasteiger partial charge in [0.05, 0.1) is 11.3 Å². The molecule has 0 aromatic heterocycles. The predicted octanol–water partition coefficient (Wildman–Crippen LogP) is 4.39. The molecule has 6 heteroatoms. The summed E-state index contributed by atoms with van der Waals surface area (Å²) >= 11 is 4.97. The third-order valence-corrected chi connectivity index (χ3v) is 3.22. The van der Waals surface area contributed by atoms with Crippen LogP contribution in [-0.2, 0) is 6.18 Å². The van der Waals surface area contributed by atoms with Gasteiger partial charge in [-0.2, -0.15) is 13.2 Å². The lowest BCUT2D eigenvalue weighted by atomic mass is 10.1. The number of aryl methyl sites for hydroxylation is 1. The number of hydrogen-bond acceptors (Lipinski definition) is 2. The summed E-state index contributed by atoms with van der Waals surface area (Å²) < 4.78 is 38.2. The Hall–Kier alpha value is -2.08. The first-order valence-electron chi connectivity index (χ1n) is 6.13. The number of thiocarbonyl (C=S) groups is 1. The van der Waals surface area contributed by atoms with Gasteiger partial charge in [-0.3, -0.25) is 0 Å². The fraction of sp³-hybridized carbons (Fsp3) is 0.133. The van der Waals surface area contributed by atoms with Gasteiger partial charge in [-0.15, -0.1) is 0 Å². The van der Waals surface area contributed by atoms with Crippen LogP contribution in [0.4, 0.5) is 24.5 Å². The normalized spacial score (nSPS) is 11.2. The van der Waals surface area contributed by atoms with Crippen LogP contribution in [0.5, 0.6) is 0 Å². The van der Waals surface area contributed by atoms with Gasteiger partial charge in [0.1, 0.15) is 4.99 Å². The van der Waals surface area contributed by atoms with Crippen LogP contribution in [0.3, 0.4) is 0 Å². The summed E-state index contributed by atoms with van der Waals surface area (Å²) in [5, 5.41) is 2.97. The fourth-order valence-electron chi connectivity index (χ4n) is 1.96. The Kier molecular flexibility index (Phi) is 4.18. The number of nitrogens with one attached hydrogen (secondary N) is 1. The number of halogens is 3. The van der Waals surface area contributed by atoms with Crippen molar-refractivity contribution in [3.8, 4) is 0 Å². The summed E-state index contributed by atoms with van der Waals surface area (Å²) in [5.41, 5.74) is 7.33. The average Bonchev–Trinajstić information content (AvgIpc) is 2.40. The molecule has 3 N–H and O–H groups in total. The van der Waals surface area contributed by atoms with E-state index in [4.69, 9.17) is 18.0 Å². The van der Waals surface area contributed by atoms with Crippen LogP contribution in [0.2, 0.25) is 0 Å². The topological polar surface area (TPSA) is 38.0 Å². The number of para-hydroxylation sites is 1. The minimum Gasteiger partial charge on any atom is -0.389 e. The summed E-state index contributed by atoms with van der Waals surface area (Å²) in [7, 11) is 0. The van der Waals surface area contributed by atoms with Gasteiger partial charge in [0, 0.05) is 11.3 Å². The van der Waals surface area contributed by atoms with Gasteiger partial charge in [-0.1, -0.05) is 30.4 Å². The lowest BCUT2D eigenvalue weighted by Gasteiger charge is -2.15. The van der Waals surface area contributed by atoms with Gasteiger partial charge < -0.3 is 11.1 Å². The van der Waals surface area contributed by atoms with Crippen molar-refractivity contribution in [3.63, 3.8) is 0 Å². The highest BCUT2D eigenvalue weighted by atomic mass is 32.1. The Labute approximate surface area is 125 Å². The molecule has 0 aliphatic heterocycles. The maximum atomic E-state index is 12.7. The number of alkyl halides is 3. The quantitative estimate of drug-likeness (QED) is 0.826. The van der Waals surface area contributed by atoms with E-state index in [1.54, 1.807) is 18.2 Å². The van der Waals surface area contributed by atoms with Gasteiger partial charge in [0.15, 0.2) is 0 Å². The van der Waals surface area contributed by atoms with Crippen LogP contribution in [0, 0.1) is 6.92 Å². The van der Waals surface area contributed by atoms with E-state index >= 15 is 0 Å². The van der Waals surface area contributed by atoms with Gasteiger partial charge in [-0.05, 0) is 36.8 Å². The maximum Gasteiger partial charge on any atom is 0.416 e. The number of benzene rings is 2. The maximum absolute atomic E-state index is 12.7. The van der Waals surface area contributed by atoms with Crippen molar-refractivity contribution in [2.24, 2.45) is 5.73 Å². The molecule has 21 heavy (non-hydrogen) atoms.